The average molecular weight is 501 g/mol. The smallest absolute Gasteiger partial charge is 0.241 e. The number of halogens is 1. The van der Waals surface area contributed by atoms with Gasteiger partial charge in [-0.05, 0) is 24.5 Å². The van der Waals surface area contributed by atoms with E-state index in [1.807, 2.05) is 25.2 Å². The second-order valence-electron chi connectivity index (χ2n) is 7.39. The van der Waals surface area contributed by atoms with Gasteiger partial charge in [0.05, 0.1) is 6.54 Å². The highest BCUT2D eigenvalue weighted by molar-refractivity contribution is 14.0. The van der Waals surface area contributed by atoms with Gasteiger partial charge in [-0.2, -0.15) is 0 Å². The van der Waals surface area contributed by atoms with Crippen LogP contribution in [0.15, 0.2) is 29.4 Å². The first-order chi connectivity index (χ1) is 13.2. The number of nitrogens with one attached hydrogen (secondary N) is 2. The van der Waals surface area contributed by atoms with Gasteiger partial charge in [0, 0.05) is 45.5 Å². The first kappa shape index (κ1) is 24.7. The minimum absolute atomic E-state index is 0. The predicted molar refractivity (Wildman–Crippen MR) is 126 cm³/mol. The highest BCUT2D eigenvalue weighted by Gasteiger charge is 2.14. The van der Waals surface area contributed by atoms with Crippen LogP contribution < -0.4 is 10.6 Å². The van der Waals surface area contributed by atoms with E-state index in [1.165, 1.54) is 38.5 Å². The molecular weight excluding hydrogens is 465 g/mol. The van der Waals surface area contributed by atoms with E-state index in [4.69, 9.17) is 0 Å². The Morgan fingerprint density at radius 3 is 2.71 bits per heavy atom. The van der Waals surface area contributed by atoms with Crippen molar-refractivity contribution in [2.75, 3.05) is 33.7 Å². The number of carbonyl (C=O) groups excluding carboxylic acids is 1. The van der Waals surface area contributed by atoms with Gasteiger partial charge in [-0.3, -0.25) is 14.8 Å². The van der Waals surface area contributed by atoms with Gasteiger partial charge >= 0.3 is 0 Å². The molecule has 1 aromatic rings. The van der Waals surface area contributed by atoms with Crippen LogP contribution in [0.2, 0.25) is 0 Å². The van der Waals surface area contributed by atoms with Crippen LogP contribution in [0.1, 0.15) is 50.6 Å². The molecule has 158 valence electrons. The predicted octanol–water partition coefficient (Wildman–Crippen LogP) is 3.23. The molecule has 6 nitrogen and oxygen atoms in total. The molecule has 0 atom stereocenters. The van der Waals surface area contributed by atoms with E-state index in [0.717, 1.165) is 31.0 Å². The lowest BCUT2D eigenvalue weighted by Crippen LogP contribution is -2.44. The Bertz CT molecular complexity index is 575. The van der Waals surface area contributed by atoms with E-state index < -0.39 is 0 Å². The van der Waals surface area contributed by atoms with Crippen molar-refractivity contribution in [1.29, 1.82) is 0 Å². The number of nitrogens with zero attached hydrogens (tertiary/aromatic N) is 3. The van der Waals surface area contributed by atoms with Crippen LogP contribution >= 0.6 is 24.0 Å². The summed E-state index contributed by atoms with van der Waals surface area (Å²) < 4.78 is 0. The number of pyridine rings is 1. The molecule has 2 N–H and O–H groups in total. The Kier molecular flexibility index (Phi) is 12.9. The lowest BCUT2D eigenvalue weighted by molar-refractivity contribution is -0.128. The van der Waals surface area contributed by atoms with E-state index in [2.05, 4.69) is 20.6 Å². The minimum atomic E-state index is 0. The molecule has 0 bridgehead atoms. The zero-order valence-corrected chi connectivity index (χ0v) is 19.7. The van der Waals surface area contributed by atoms with Gasteiger partial charge in [0.2, 0.25) is 5.91 Å². The summed E-state index contributed by atoms with van der Waals surface area (Å²) in [6.45, 7) is 1.81. The molecule has 1 aliphatic rings. The number of aliphatic imine (C=N–C) groups is 1. The quantitative estimate of drug-likeness (QED) is 0.224. The summed E-state index contributed by atoms with van der Waals surface area (Å²) in [6, 6.07) is 5.85. The van der Waals surface area contributed by atoms with E-state index in [1.54, 1.807) is 18.1 Å². The fourth-order valence-electron chi connectivity index (χ4n) is 3.53. The van der Waals surface area contributed by atoms with E-state index in [0.29, 0.717) is 12.5 Å². The number of carbonyl (C=O) groups is 1. The largest absolute Gasteiger partial charge is 0.356 e. The van der Waals surface area contributed by atoms with Crippen LogP contribution in [0, 0.1) is 5.92 Å². The number of hydrogen-bond acceptors (Lipinski definition) is 3. The molecule has 0 saturated heterocycles. The van der Waals surface area contributed by atoms with E-state index in [-0.39, 0.29) is 36.4 Å². The molecule has 0 spiro atoms. The Balaban J connectivity index is 0.00000392. The molecule has 1 saturated carbocycles. The molecule has 0 aliphatic heterocycles. The van der Waals surface area contributed by atoms with Gasteiger partial charge in [-0.15, -0.1) is 24.0 Å². The first-order valence-electron chi connectivity index (χ1n) is 10.3. The van der Waals surface area contributed by atoms with Gasteiger partial charge in [0.15, 0.2) is 5.96 Å². The van der Waals surface area contributed by atoms with Crippen molar-refractivity contribution in [3.8, 4) is 0 Å². The van der Waals surface area contributed by atoms with Crippen LogP contribution in [0.3, 0.4) is 0 Å². The van der Waals surface area contributed by atoms with Crippen molar-refractivity contribution < 1.29 is 4.79 Å². The molecule has 0 unspecified atom stereocenters. The fourth-order valence-corrected chi connectivity index (χ4v) is 3.53. The molecule has 0 aromatic carbocycles. The zero-order valence-electron chi connectivity index (χ0n) is 17.3. The maximum absolute atomic E-state index is 12.3. The van der Waals surface area contributed by atoms with Gasteiger partial charge in [0.1, 0.15) is 0 Å². The second kappa shape index (κ2) is 14.6. The van der Waals surface area contributed by atoms with Crippen molar-refractivity contribution in [1.82, 2.24) is 20.5 Å². The Morgan fingerprint density at radius 2 is 2.04 bits per heavy atom. The molecule has 1 heterocycles. The SMILES string of the molecule is CN=C(NCCCCC1CCCC1)NCC(=O)N(C)CCc1ccccn1.I. The Morgan fingerprint density at radius 1 is 1.25 bits per heavy atom. The van der Waals surface area contributed by atoms with Crippen molar-refractivity contribution in [2.45, 2.75) is 51.4 Å². The van der Waals surface area contributed by atoms with Gasteiger partial charge < -0.3 is 15.5 Å². The highest BCUT2D eigenvalue weighted by atomic mass is 127. The normalized spacial score (nSPS) is 14.4. The van der Waals surface area contributed by atoms with Crippen molar-refractivity contribution in [2.24, 2.45) is 10.9 Å². The summed E-state index contributed by atoms with van der Waals surface area (Å²) >= 11 is 0. The Hall–Kier alpha value is -1.38. The standard InChI is InChI=1S/C21H35N5O.HI/c1-22-21(24-15-7-5-11-18-9-3-4-10-18)25-17-20(27)26(2)16-13-19-12-6-8-14-23-19;/h6,8,12,14,18H,3-5,7,9-11,13,15-17H2,1-2H3,(H2,22,24,25);1H. The number of unbranched alkanes of at least 4 members (excludes halogenated alkanes) is 1. The molecule has 2 rings (SSSR count). The fraction of sp³-hybridized carbons (Fsp3) is 0.667. The maximum atomic E-state index is 12.3. The summed E-state index contributed by atoms with van der Waals surface area (Å²) in [4.78, 5) is 22.5. The number of rotatable bonds is 10. The van der Waals surface area contributed by atoms with Gasteiger partial charge in [0.25, 0.3) is 0 Å². The summed E-state index contributed by atoms with van der Waals surface area (Å²) in [5.74, 6) is 1.71. The van der Waals surface area contributed by atoms with Crippen LogP contribution in [-0.2, 0) is 11.2 Å². The van der Waals surface area contributed by atoms with Crippen LogP contribution in [0.25, 0.3) is 0 Å². The molecule has 0 radical (unpaired) electrons. The number of amides is 1. The number of aromatic nitrogens is 1. The summed E-state index contributed by atoms with van der Waals surface area (Å²) in [7, 11) is 3.56. The summed E-state index contributed by atoms with van der Waals surface area (Å²) in [5.41, 5.74) is 1.00. The second-order valence-corrected chi connectivity index (χ2v) is 7.39. The van der Waals surface area contributed by atoms with Crippen molar-refractivity contribution in [3.05, 3.63) is 30.1 Å². The molecule has 1 fully saturated rings. The van der Waals surface area contributed by atoms with Gasteiger partial charge in [-0.1, -0.05) is 44.6 Å². The van der Waals surface area contributed by atoms with Crippen LogP contribution in [0.5, 0.6) is 0 Å². The number of guanidine groups is 1. The van der Waals surface area contributed by atoms with E-state index in [9.17, 15) is 4.79 Å². The molecule has 1 aliphatic carbocycles. The van der Waals surface area contributed by atoms with Crippen LogP contribution in [-0.4, -0.2) is 55.5 Å². The molecule has 7 heteroatoms. The molecular formula is C21H36IN5O. The number of likely N-dealkylation sites (N-methyl/N-ethyl adjacent to an activating group) is 1. The molecule has 1 aromatic heterocycles. The third-order valence-electron chi connectivity index (χ3n) is 5.29. The summed E-state index contributed by atoms with van der Waals surface area (Å²) in [5, 5.41) is 6.42. The lowest BCUT2D eigenvalue weighted by atomic mass is 10.0. The third-order valence-corrected chi connectivity index (χ3v) is 5.29. The third kappa shape index (κ3) is 9.71. The van der Waals surface area contributed by atoms with Crippen molar-refractivity contribution >= 4 is 35.8 Å². The maximum Gasteiger partial charge on any atom is 0.241 e. The number of hydrogen-bond donors (Lipinski definition) is 2. The molecule has 28 heavy (non-hydrogen) atoms. The minimum Gasteiger partial charge on any atom is -0.356 e. The summed E-state index contributed by atoms with van der Waals surface area (Å²) in [6.07, 6.45) is 12.0. The van der Waals surface area contributed by atoms with Crippen molar-refractivity contribution in [3.63, 3.8) is 0 Å². The van der Waals surface area contributed by atoms with Crippen LogP contribution in [0.4, 0.5) is 0 Å². The lowest BCUT2D eigenvalue weighted by Gasteiger charge is -2.18. The topological polar surface area (TPSA) is 69.6 Å². The molecule has 1 amide bonds. The Labute approximate surface area is 187 Å². The monoisotopic (exact) mass is 501 g/mol. The zero-order chi connectivity index (χ0) is 19.3. The average Bonchev–Trinajstić information content (AvgIpc) is 3.22. The van der Waals surface area contributed by atoms with Gasteiger partial charge in [-0.25, -0.2) is 0 Å². The highest BCUT2D eigenvalue weighted by Crippen LogP contribution is 2.28. The first-order valence-corrected chi connectivity index (χ1v) is 10.3. The van der Waals surface area contributed by atoms with E-state index >= 15 is 0 Å².